The quantitative estimate of drug-likeness (QED) is 0.223. The minimum Gasteiger partial charge on any atom is -0.368 e. The molecule has 1 saturated heterocycles. The third-order valence-corrected chi connectivity index (χ3v) is 6.52. The van der Waals surface area contributed by atoms with Crippen molar-refractivity contribution in [1.29, 1.82) is 0 Å². The van der Waals surface area contributed by atoms with Gasteiger partial charge in [0.1, 0.15) is 18.3 Å². The molecule has 1 heterocycles. The van der Waals surface area contributed by atoms with Gasteiger partial charge < -0.3 is 23.7 Å². The summed E-state index contributed by atoms with van der Waals surface area (Å²) in [5.41, 5.74) is 4.33. The largest absolute Gasteiger partial charge is 0.368 e. The Hall–Kier alpha value is -3.32. The van der Waals surface area contributed by atoms with E-state index in [1.54, 1.807) is 0 Å². The molecule has 5 heteroatoms. The second-order valence-electron chi connectivity index (χ2n) is 9.36. The molecule has 5 rings (SSSR count). The van der Waals surface area contributed by atoms with Gasteiger partial charge in [-0.05, 0) is 22.3 Å². The van der Waals surface area contributed by atoms with Crippen LogP contribution < -0.4 is 0 Å². The fraction of sp³-hybridized carbons (Fsp3) is 0.273. The van der Waals surface area contributed by atoms with E-state index >= 15 is 0 Å². The standard InChI is InChI=1S/C33H34O5/c1-5-13-26(14-6-1)21-34-30-25-38-33(37-24-29-19-11-4-12-20-29)32(36-23-28-17-9-3-10-18-28)31(30)35-22-27-15-7-2-8-16-27/h1-20,30-33H,21-25H2/t30-,31-,32+,33-/m0/s1. The number of hydrogen-bond acceptors (Lipinski definition) is 5. The zero-order chi connectivity index (χ0) is 25.8. The first kappa shape index (κ1) is 26.3. The first-order valence-corrected chi connectivity index (χ1v) is 13.1. The lowest BCUT2D eigenvalue weighted by molar-refractivity contribution is -0.302. The molecule has 0 aromatic heterocycles. The summed E-state index contributed by atoms with van der Waals surface area (Å²) < 4.78 is 31.9. The molecular weight excluding hydrogens is 476 g/mol. The average molecular weight is 511 g/mol. The monoisotopic (exact) mass is 510 g/mol. The van der Waals surface area contributed by atoms with Crippen LogP contribution in [0.4, 0.5) is 0 Å². The minimum atomic E-state index is -0.601. The molecule has 1 fully saturated rings. The van der Waals surface area contributed by atoms with E-state index < -0.39 is 18.5 Å². The first-order chi connectivity index (χ1) is 18.8. The van der Waals surface area contributed by atoms with Gasteiger partial charge in [-0.3, -0.25) is 0 Å². The van der Waals surface area contributed by atoms with Crippen LogP contribution >= 0.6 is 0 Å². The van der Waals surface area contributed by atoms with Gasteiger partial charge >= 0.3 is 0 Å². The molecule has 5 nitrogen and oxygen atoms in total. The number of benzene rings is 4. The molecule has 0 amide bonds. The summed E-state index contributed by atoms with van der Waals surface area (Å²) >= 11 is 0. The van der Waals surface area contributed by atoms with Crippen LogP contribution in [0.3, 0.4) is 0 Å². The Morgan fingerprint density at radius 2 is 0.816 bits per heavy atom. The van der Waals surface area contributed by atoms with Gasteiger partial charge in [0.05, 0.1) is 33.0 Å². The molecule has 0 saturated carbocycles. The van der Waals surface area contributed by atoms with Gasteiger partial charge in [0, 0.05) is 0 Å². The maximum absolute atomic E-state index is 6.54. The van der Waals surface area contributed by atoms with Gasteiger partial charge in [-0.25, -0.2) is 0 Å². The smallest absolute Gasteiger partial charge is 0.186 e. The third-order valence-electron chi connectivity index (χ3n) is 6.52. The van der Waals surface area contributed by atoms with Crippen molar-refractivity contribution >= 4 is 0 Å². The van der Waals surface area contributed by atoms with Gasteiger partial charge in [-0.1, -0.05) is 121 Å². The first-order valence-electron chi connectivity index (χ1n) is 13.1. The average Bonchev–Trinajstić information content (AvgIpc) is 2.99. The van der Waals surface area contributed by atoms with Crippen LogP contribution in [0.25, 0.3) is 0 Å². The van der Waals surface area contributed by atoms with Crippen molar-refractivity contribution in [3.05, 3.63) is 144 Å². The molecule has 0 N–H and O–H groups in total. The molecule has 38 heavy (non-hydrogen) atoms. The molecule has 4 aromatic carbocycles. The summed E-state index contributed by atoms with van der Waals surface area (Å²) in [5, 5.41) is 0. The molecule has 4 aromatic rings. The van der Waals surface area contributed by atoms with Crippen molar-refractivity contribution in [1.82, 2.24) is 0 Å². The van der Waals surface area contributed by atoms with E-state index in [-0.39, 0.29) is 6.10 Å². The molecule has 1 aliphatic rings. The molecule has 0 bridgehead atoms. The minimum absolute atomic E-state index is 0.323. The topological polar surface area (TPSA) is 46.2 Å². The van der Waals surface area contributed by atoms with Crippen LogP contribution in [0.5, 0.6) is 0 Å². The highest BCUT2D eigenvalue weighted by Crippen LogP contribution is 2.28. The van der Waals surface area contributed by atoms with Crippen molar-refractivity contribution in [3.8, 4) is 0 Å². The van der Waals surface area contributed by atoms with Crippen molar-refractivity contribution in [2.24, 2.45) is 0 Å². The highest BCUT2D eigenvalue weighted by atomic mass is 16.7. The second-order valence-corrected chi connectivity index (χ2v) is 9.36. The van der Waals surface area contributed by atoms with E-state index in [0.29, 0.717) is 33.0 Å². The number of rotatable bonds is 12. The van der Waals surface area contributed by atoms with Crippen molar-refractivity contribution in [2.75, 3.05) is 6.61 Å². The van der Waals surface area contributed by atoms with Crippen LogP contribution in [0.1, 0.15) is 22.3 Å². The number of hydrogen-bond donors (Lipinski definition) is 0. The van der Waals surface area contributed by atoms with Crippen LogP contribution in [-0.2, 0) is 50.1 Å². The molecule has 1 aliphatic heterocycles. The fourth-order valence-electron chi connectivity index (χ4n) is 4.47. The molecular formula is C33H34O5. The van der Waals surface area contributed by atoms with Gasteiger partial charge in [-0.15, -0.1) is 0 Å². The normalized spacial score (nSPS) is 21.3. The highest BCUT2D eigenvalue weighted by Gasteiger charge is 2.43. The highest BCUT2D eigenvalue weighted by molar-refractivity contribution is 5.16. The summed E-state index contributed by atoms with van der Waals surface area (Å²) in [6.45, 7) is 2.07. The Kier molecular flexibility index (Phi) is 9.69. The number of ether oxygens (including phenoxy) is 5. The van der Waals surface area contributed by atoms with E-state index in [2.05, 4.69) is 24.3 Å². The Labute approximate surface area is 224 Å². The molecule has 0 unspecified atom stereocenters. The van der Waals surface area contributed by atoms with E-state index in [4.69, 9.17) is 23.7 Å². The lowest BCUT2D eigenvalue weighted by Gasteiger charge is -2.42. The van der Waals surface area contributed by atoms with Crippen LogP contribution in [0.15, 0.2) is 121 Å². The van der Waals surface area contributed by atoms with Gasteiger partial charge in [-0.2, -0.15) is 0 Å². The van der Waals surface area contributed by atoms with E-state index in [9.17, 15) is 0 Å². The summed E-state index contributed by atoms with van der Waals surface area (Å²) in [6.07, 6.45) is -1.80. The maximum Gasteiger partial charge on any atom is 0.186 e. The third kappa shape index (κ3) is 7.60. The van der Waals surface area contributed by atoms with E-state index in [0.717, 1.165) is 22.3 Å². The Balaban J connectivity index is 1.35. The Bertz CT molecular complexity index is 1090. The van der Waals surface area contributed by atoms with Crippen molar-refractivity contribution in [2.45, 2.75) is 51.0 Å². The van der Waals surface area contributed by atoms with E-state index in [1.807, 2.05) is 97.1 Å². The van der Waals surface area contributed by atoms with Gasteiger partial charge in [0.25, 0.3) is 0 Å². The lowest BCUT2D eigenvalue weighted by atomic mass is 10.0. The Morgan fingerprint density at radius 1 is 0.447 bits per heavy atom. The molecule has 0 aliphatic carbocycles. The van der Waals surface area contributed by atoms with E-state index in [1.165, 1.54) is 0 Å². The van der Waals surface area contributed by atoms with Crippen molar-refractivity contribution in [3.63, 3.8) is 0 Å². The van der Waals surface area contributed by atoms with Crippen LogP contribution in [-0.4, -0.2) is 31.2 Å². The fourth-order valence-corrected chi connectivity index (χ4v) is 4.47. The maximum atomic E-state index is 6.54. The van der Waals surface area contributed by atoms with Crippen LogP contribution in [0, 0.1) is 0 Å². The molecule has 0 spiro atoms. The molecule has 196 valence electrons. The van der Waals surface area contributed by atoms with Crippen LogP contribution in [0.2, 0.25) is 0 Å². The summed E-state index contributed by atoms with van der Waals surface area (Å²) in [4.78, 5) is 0. The second kappa shape index (κ2) is 14.0. The van der Waals surface area contributed by atoms with Gasteiger partial charge in [0.15, 0.2) is 6.29 Å². The van der Waals surface area contributed by atoms with Crippen molar-refractivity contribution < 1.29 is 23.7 Å². The predicted octanol–water partition coefficient (Wildman–Crippen LogP) is 6.32. The Morgan fingerprint density at radius 3 is 1.26 bits per heavy atom. The predicted molar refractivity (Wildman–Crippen MR) is 146 cm³/mol. The zero-order valence-corrected chi connectivity index (χ0v) is 21.4. The summed E-state index contributed by atoms with van der Waals surface area (Å²) in [5.74, 6) is 0. The van der Waals surface area contributed by atoms with Gasteiger partial charge in [0.2, 0.25) is 0 Å². The SMILES string of the molecule is c1ccc(CO[C@H]2OC[C@H](OCc3ccccc3)[C@H](OCc3ccccc3)[C@H]2OCc2ccccc2)cc1. The lowest BCUT2D eigenvalue weighted by Crippen LogP contribution is -2.56. The summed E-state index contributed by atoms with van der Waals surface area (Å²) in [7, 11) is 0. The summed E-state index contributed by atoms with van der Waals surface area (Å²) in [6, 6.07) is 40.5. The molecule has 0 radical (unpaired) electrons. The molecule has 4 atom stereocenters. The zero-order valence-electron chi connectivity index (χ0n) is 21.4.